The molecule has 0 aliphatic carbocycles. The van der Waals surface area contributed by atoms with Crippen LogP contribution < -0.4 is 10.6 Å². The number of halogens is 1. The fraction of sp³-hybridized carbons (Fsp3) is 0.474. The zero-order chi connectivity index (χ0) is 17.4. The van der Waals surface area contributed by atoms with Crippen molar-refractivity contribution in [2.45, 2.75) is 32.1 Å². The molecule has 0 unspecified atom stereocenters. The summed E-state index contributed by atoms with van der Waals surface area (Å²) in [7, 11) is 3.76. The molecule has 0 saturated heterocycles. The maximum Gasteiger partial charge on any atom is 0.191 e. The van der Waals surface area contributed by atoms with Crippen molar-refractivity contribution in [3.63, 3.8) is 0 Å². The van der Waals surface area contributed by atoms with Crippen molar-refractivity contribution in [1.82, 2.24) is 20.4 Å². The Morgan fingerprint density at radius 1 is 1.20 bits per heavy atom. The highest BCUT2D eigenvalue weighted by Crippen LogP contribution is 2.21. The van der Waals surface area contributed by atoms with Crippen LogP contribution in [0.25, 0.3) is 0 Å². The molecule has 25 heavy (non-hydrogen) atoms. The first-order chi connectivity index (χ1) is 11.5. The number of rotatable bonds is 7. The van der Waals surface area contributed by atoms with Gasteiger partial charge in [-0.25, -0.2) is 0 Å². The molecule has 1 heterocycles. The largest absolute Gasteiger partial charge is 0.356 e. The summed E-state index contributed by atoms with van der Waals surface area (Å²) in [6.07, 6.45) is 6.06. The number of aryl methyl sites for hydroxylation is 2. The molecule has 1 aromatic carbocycles. The van der Waals surface area contributed by atoms with Gasteiger partial charge in [-0.05, 0) is 24.0 Å². The SMILES string of the molecule is CN=C(NCCCc1cnn(C)c1)NCC(C)(C)c1ccccc1.I. The minimum Gasteiger partial charge on any atom is -0.356 e. The van der Waals surface area contributed by atoms with Gasteiger partial charge in [0.25, 0.3) is 0 Å². The highest BCUT2D eigenvalue weighted by atomic mass is 127. The van der Waals surface area contributed by atoms with E-state index in [0.29, 0.717) is 0 Å². The van der Waals surface area contributed by atoms with Gasteiger partial charge in [0.05, 0.1) is 6.20 Å². The standard InChI is InChI=1S/C19H29N5.HI/c1-19(2,17-10-6-5-7-11-17)15-22-18(20-3)21-12-8-9-16-13-23-24(4)14-16;/h5-7,10-11,13-14H,8-9,12,15H2,1-4H3,(H2,20,21,22);1H. The molecule has 138 valence electrons. The van der Waals surface area contributed by atoms with Crippen LogP contribution in [-0.2, 0) is 18.9 Å². The lowest BCUT2D eigenvalue weighted by molar-refractivity contribution is 0.508. The second-order valence-electron chi connectivity index (χ2n) is 6.73. The van der Waals surface area contributed by atoms with Gasteiger partial charge < -0.3 is 10.6 Å². The van der Waals surface area contributed by atoms with Crippen LogP contribution in [0.2, 0.25) is 0 Å². The van der Waals surface area contributed by atoms with Crippen molar-refractivity contribution >= 4 is 29.9 Å². The summed E-state index contributed by atoms with van der Waals surface area (Å²) >= 11 is 0. The van der Waals surface area contributed by atoms with Crippen LogP contribution in [0.5, 0.6) is 0 Å². The van der Waals surface area contributed by atoms with Crippen LogP contribution in [-0.4, -0.2) is 35.9 Å². The minimum absolute atomic E-state index is 0. The summed E-state index contributed by atoms with van der Waals surface area (Å²) < 4.78 is 1.84. The molecule has 0 amide bonds. The Morgan fingerprint density at radius 3 is 2.52 bits per heavy atom. The third-order valence-electron chi connectivity index (χ3n) is 4.17. The third-order valence-corrected chi connectivity index (χ3v) is 4.17. The highest BCUT2D eigenvalue weighted by Gasteiger charge is 2.20. The Kier molecular flexibility index (Phi) is 8.96. The van der Waals surface area contributed by atoms with E-state index >= 15 is 0 Å². The van der Waals surface area contributed by atoms with Crippen molar-refractivity contribution < 1.29 is 0 Å². The van der Waals surface area contributed by atoms with Gasteiger partial charge in [-0.15, -0.1) is 24.0 Å². The van der Waals surface area contributed by atoms with Crippen molar-refractivity contribution in [2.24, 2.45) is 12.0 Å². The average molecular weight is 455 g/mol. The molecule has 0 aliphatic rings. The molecule has 0 aliphatic heterocycles. The molecule has 1 aromatic heterocycles. The first kappa shape index (κ1) is 21.5. The molecule has 0 saturated carbocycles. The second-order valence-corrected chi connectivity index (χ2v) is 6.73. The van der Waals surface area contributed by atoms with E-state index in [9.17, 15) is 0 Å². The van der Waals surface area contributed by atoms with Crippen molar-refractivity contribution in [3.8, 4) is 0 Å². The predicted molar refractivity (Wildman–Crippen MR) is 116 cm³/mol. The normalized spacial score (nSPS) is 11.8. The van der Waals surface area contributed by atoms with Gasteiger partial charge in [-0.2, -0.15) is 5.10 Å². The number of nitrogens with one attached hydrogen (secondary N) is 2. The number of aromatic nitrogens is 2. The van der Waals surface area contributed by atoms with Gasteiger partial charge in [-0.1, -0.05) is 44.2 Å². The van der Waals surface area contributed by atoms with Crippen LogP contribution in [0.4, 0.5) is 0 Å². The van der Waals surface area contributed by atoms with Crippen LogP contribution in [0.1, 0.15) is 31.4 Å². The van der Waals surface area contributed by atoms with E-state index in [4.69, 9.17) is 0 Å². The molecule has 6 heteroatoms. The van der Waals surface area contributed by atoms with E-state index in [-0.39, 0.29) is 29.4 Å². The Balaban J connectivity index is 0.00000312. The summed E-state index contributed by atoms with van der Waals surface area (Å²) in [6.45, 7) is 6.20. The fourth-order valence-electron chi connectivity index (χ4n) is 2.62. The zero-order valence-corrected chi connectivity index (χ0v) is 18.0. The van der Waals surface area contributed by atoms with E-state index in [1.165, 1.54) is 11.1 Å². The summed E-state index contributed by atoms with van der Waals surface area (Å²) in [5.74, 6) is 0.852. The molecule has 2 rings (SSSR count). The molecule has 5 nitrogen and oxygen atoms in total. The van der Waals surface area contributed by atoms with Crippen molar-refractivity contribution in [3.05, 3.63) is 53.9 Å². The maximum absolute atomic E-state index is 4.31. The Morgan fingerprint density at radius 2 is 1.92 bits per heavy atom. The number of aliphatic imine (C=N–C) groups is 1. The maximum atomic E-state index is 4.31. The lowest BCUT2D eigenvalue weighted by Crippen LogP contribution is -2.43. The molecule has 0 bridgehead atoms. The van der Waals surface area contributed by atoms with Gasteiger partial charge in [0.15, 0.2) is 5.96 Å². The molecule has 2 N–H and O–H groups in total. The minimum atomic E-state index is 0. The van der Waals surface area contributed by atoms with E-state index in [0.717, 1.165) is 31.9 Å². The van der Waals surface area contributed by atoms with Gasteiger partial charge in [0.2, 0.25) is 0 Å². The predicted octanol–water partition coefficient (Wildman–Crippen LogP) is 3.11. The summed E-state index contributed by atoms with van der Waals surface area (Å²) in [4.78, 5) is 4.31. The highest BCUT2D eigenvalue weighted by molar-refractivity contribution is 14.0. The second kappa shape index (κ2) is 10.4. The third kappa shape index (κ3) is 7.05. The Bertz CT molecular complexity index is 649. The molecule has 0 radical (unpaired) electrons. The van der Waals surface area contributed by atoms with Crippen molar-refractivity contribution in [2.75, 3.05) is 20.1 Å². The van der Waals surface area contributed by atoms with E-state index in [1.807, 2.05) is 25.0 Å². The Hall–Kier alpha value is -1.57. The molecule has 0 atom stereocenters. The van der Waals surface area contributed by atoms with Crippen molar-refractivity contribution in [1.29, 1.82) is 0 Å². The van der Waals surface area contributed by atoms with Gasteiger partial charge in [0, 0.05) is 38.8 Å². The quantitative estimate of drug-likeness (QED) is 0.292. The smallest absolute Gasteiger partial charge is 0.191 e. The number of hydrogen-bond acceptors (Lipinski definition) is 2. The molecule has 2 aromatic rings. The Labute approximate surface area is 168 Å². The first-order valence-corrected chi connectivity index (χ1v) is 8.49. The molecule has 0 spiro atoms. The van der Waals surface area contributed by atoms with Crippen LogP contribution in [0.15, 0.2) is 47.7 Å². The topological polar surface area (TPSA) is 54.2 Å². The monoisotopic (exact) mass is 455 g/mol. The van der Waals surface area contributed by atoms with Gasteiger partial charge in [-0.3, -0.25) is 9.67 Å². The fourth-order valence-corrected chi connectivity index (χ4v) is 2.62. The van der Waals surface area contributed by atoms with Crippen LogP contribution in [0, 0.1) is 0 Å². The molecule has 0 fully saturated rings. The van der Waals surface area contributed by atoms with E-state index in [2.05, 4.69) is 71.1 Å². The van der Waals surface area contributed by atoms with E-state index < -0.39 is 0 Å². The molecular formula is C19H30IN5. The molecular weight excluding hydrogens is 425 g/mol. The average Bonchev–Trinajstić information content (AvgIpc) is 3.00. The summed E-state index contributed by atoms with van der Waals surface area (Å²) in [6, 6.07) is 10.6. The first-order valence-electron chi connectivity index (χ1n) is 8.49. The zero-order valence-electron chi connectivity index (χ0n) is 15.6. The number of benzene rings is 1. The van der Waals surface area contributed by atoms with Gasteiger partial charge in [0.1, 0.15) is 0 Å². The number of guanidine groups is 1. The summed E-state index contributed by atoms with van der Waals surface area (Å²) in [5.41, 5.74) is 2.64. The number of nitrogens with zero attached hydrogens (tertiary/aromatic N) is 3. The lowest BCUT2D eigenvalue weighted by atomic mass is 9.85. The number of hydrogen-bond donors (Lipinski definition) is 2. The van der Waals surface area contributed by atoms with Crippen LogP contribution in [0.3, 0.4) is 0 Å². The van der Waals surface area contributed by atoms with E-state index in [1.54, 1.807) is 0 Å². The lowest BCUT2D eigenvalue weighted by Gasteiger charge is -2.26. The summed E-state index contributed by atoms with van der Waals surface area (Å²) in [5, 5.41) is 11.0. The van der Waals surface area contributed by atoms with Gasteiger partial charge >= 0.3 is 0 Å². The van der Waals surface area contributed by atoms with Crippen LogP contribution >= 0.6 is 24.0 Å².